The number of imide groups is 1. The summed E-state index contributed by atoms with van der Waals surface area (Å²) in [5.41, 5.74) is -2.91. The Balaban J connectivity index is 0.00000431. The van der Waals surface area contributed by atoms with Gasteiger partial charge in [-0.1, -0.05) is 13.8 Å². The zero-order valence-corrected chi connectivity index (χ0v) is 28.6. The largest absolute Gasteiger partial charge is 0.489 e. The van der Waals surface area contributed by atoms with Gasteiger partial charge in [-0.15, -0.1) is 0 Å². The van der Waals surface area contributed by atoms with Gasteiger partial charge < -0.3 is 28.6 Å². The van der Waals surface area contributed by atoms with Gasteiger partial charge in [0, 0.05) is 6.54 Å². The van der Waals surface area contributed by atoms with Crippen molar-refractivity contribution in [1.29, 1.82) is 0 Å². The number of carbonyl (C=O) groups is 4. The zero-order chi connectivity index (χ0) is 32.6. The van der Waals surface area contributed by atoms with Gasteiger partial charge in [-0.25, -0.2) is 19.2 Å². The van der Waals surface area contributed by atoms with Gasteiger partial charge in [0.25, 0.3) is 0 Å². The third-order valence-corrected chi connectivity index (χ3v) is 5.92. The van der Waals surface area contributed by atoms with E-state index in [0.29, 0.717) is 22.3 Å². The Kier molecular flexibility index (Phi) is 13.2. The lowest BCUT2D eigenvalue weighted by Gasteiger charge is -2.30. The Labute approximate surface area is 258 Å². The fourth-order valence-corrected chi connectivity index (χ4v) is 4.25. The fourth-order valence-electron chi connectivity index (χ4n) is 3.81. The molecule has 0 N–H and O–H groups in total. The first-order chi connectivity index (χ1) is 19.2. The fraction of sp³-hybridized carbons (Fsp3) is 0.667. The quantitative estimate of drug-likeness (QED) is 0.231. The second-order valence-corrected chi connectivity index (χ2v) is 13.2. The van der Waals surface area contributed by atoms with Crippen LogP contribution in [0.15, 0.2) is 16.6 Å². The molecule has 1 aliphatic rings. The number of methoxy groups -OCH3 is 1. The van der Waals surface area contributed by atoms with Gasteiger partial charge in [0.15, 0.2) is 0 Å². The minimum atomic E-state index is -1.05. The van der Waals surface area contributed by atoms with Gasteiger partial charge in [0.2, 0.25) is 0 Å². The first-order valence-electron chi connectivity index (χ1n) is 14.0. The smallest absolute Gasteiger partial charge is 0.424 e. The van der Waals surface area contributed by atoms with Crippen molar-refractivity contribution in [3.8, 4) is 5.75 Å². The number of hydrogen-bond acceptors (Lipinski definition) is 9. The SMILES string of the molecule is CC.COC(=O)c1c(N(C(=O)OC(C)(C)C)C(=O)OC(C)(C)C)ccc(Br)c1OC[C@@H]1CCCN1C(=O)OC(C)(C)C. The molecule has 1 aromatic rings. The van der Waals surface area contributed by atoms with Crippen LogP contribution in [0.5, 0.6) is 5.75 Å². The third-order valence-electron chi connectivity index (χ3n) is 5.30. The molecule has 11 nitrogen and oxygen atoms in total. The molecule has 12 heteroatoms. The Morgan fingerprint density at radius 1 is 0.881 bits per heavy atom. The second-order valence-electron chi connectivity index (χ2n) is 12.3. The minimum Gasteiger partial charge on any atom is -0.489 e. The molecule has 1 heterocycles. The van der Waals surface area contributed by atoms with Crippen LogP contribution in [0.25, 0.3) is 0 Å². The van der Waals surface area contributed by atoms with Gasteiger partial charge >= 0.3 is 24.2 Å². The lowest BCUT2D eigenvalue weighted by molar-refractivity contribution is 0.0184. The van der Waals surface area contributed by atoms with E-state index in [2.05, 4.69) is 15.9 Å². The highest BCUT2D eigenvalue weighted by Gasteiger charge is 2.38. The monoisotopic (exact) mass is 658 g/mol. The number of nitrogens with zero attached hydrogens (tertiary/aromatic N) is 2. The van der Waals surface area contributed by atoms with Crippen LogP contribution in [0.1, 0.15) is 99.4 Å². The Morgan fingerprint density at radius 2 is 1.38 bits per heavy atom. The van der Waals surface area contributed by atoms with E-state index in [1.54, 1.807) is 67.2 Å². The average Bonchev–Trinajstić information content (AvgIpc) is 3.30. The predicted octanol–water partition coefficient (Wildman–Crippen LogP) is 7.72. The number of hydrogen-bond donors (Lipinski definition) is 0. The standard InChI is InChI=1S/C28H41BrN2O9.C2H6/c1-26(2,3)38-23(33)30-15-11-12-17(30)16-37-21-18(29)13-14-19(20(21)22(32)36-10)31(24(34)39-27(4,5)6)25(35)40-28(7,8)9;1-2/h13-14,17H,11-12,15-16H2,1-10H3;1-2H3/t17-;/m0./s1. The molecule has 1 fully saturated rings. The first kappa shape index (κ1) is 37.0. The molecule has 238 valence electrons. The second kappa shape index (κ2) is 14.9. The zero-order valence-electron chi connectivity index (χ0n) is 27.0. The summed E-state index contributed by atoms with van der Waals surface area (Å²) in [7, 11) is 1.17. The van der Waals surface area contributed by atoms with Crippen LogP contribution in [0.2, 0.25) is 0 Å². The molecule has 1 atom stereocenters. The van der Waals surface area contributed by atoms with Crippen molar-refractivity contribution >= 4 is 45.9 Å². The number of amides is 3. The van der Waals surface area contributed by atoms with Crippen LogP contribution in [0, 0.1) is 0 Å². The molecule has 1 aliphatic heterocycles. The Bertz CT molecular complexity index is 1090. The van der Waals surface area contributed by atoms with E-state index in [0.717, 1.165) is 6.42 Å². The van der Waals surface area contributed by atoms with Gasteiger partial charge in [-0.2, -0.15) is 4.90 Å². The maximum absolute atomic E-state index is 13.3. The summed E-state index contributed by atoms with van der Waals surface area (Å²) in [6.45, 7) is 19.8. The molecule has 0 saturated carbocycles. The van der Waals surface area contributed by atoms with Gasteiger partial charge in [-0.3, -0.25) is 0 Å². The minimum absolute atomic E-state index is 0.0180. The highest BCUT2D eigenvalue weighted by molar-refractivity contribution is 9.10. The normalized spacial score (nSPS) is 15.2. The van der Waals surface area contributed by atoms with E-state index >= 15 is 0 Å². The van der Waals surface area contributed by atoms with Crippen molar-refractivity contribution in [1.82, 2.24) is 4.90 Å². The number of esters is 1. The molecule has 0 radical (unpaired) electrons. The summed E-state index contributed by atoms with van der Waals surface area (Å²) >= 11 is 3.40. The van der Waals surface area contributed by atoms with Crippen LogP contribution < -0.4 is 9.64 Å². The van der Waals surface area contributed by atoms with Crippen molar-refractivity contribution < 1.29 is 42.9 Å². The van der Waals surface area contributed by atoms with E-state index < -0.39 is 41.1 Å². The Hall–Kier alpha value is -3.02. The average molecular weight is 660 g/mol. The van der Waals surface area contributed by atoms with Crippen LogP contribution in [0.3, 0.4) is 0 Å². The molecule has 0 spiro atoms. The van der Waals surface area contributed by atoms with E-state index in [1.165, 1.54) is 19.2 Å². The van der Waals surface area contributed by atoms with E-state index in [-0.39, 0.29) is 29.6 Å². The van der Waals surface area contributed by atoms with Crippen molar-refractivity contribution in [2.24, 2.45) is 0 Å². The number of carbonyl (C=O) groups excluding carboxylic acids is 4. The molecule has 0 bridgehead atoms. The van der Waals surface area contributed by atoms with Crippen molar-refractivity contribution in [3.63, 3.8) is 0 Å². The highest BCUT2D eigenvalue weighted by atomic mass is 79.9. The molecule has 3 amide bonds. The molecule has 0 aliphatic carbocycles. The summed E-state index contributed by atoms with van der Waals surface area (Å²) < 4.78 is 28.0. The summed E-state index contributed by atoms with van der Waals surface area (Å²) in [6.07, 6.45) is -1.14. The summed E-state index contributed by atoms with van der Waals surface area (Å²) in [4.78, 5) is 54.7. The van der Waals surface area contributed by atoms with Gasteiger partial charge in [0.05, 0.1) is 23.3 Å². The number of halogens is 1. The number of ether oxygens (including phenoxy) is 5. The van der Waals surface area contributed by atoms with Gasteiger partial charge in [0.1, 0.15) is 34.7 Å². The molecule has 42 heavy (non-hydrogen) atoms. The maximum atomic E-state index is 13.3. The van der Waals surface area contributed by atoms with Crippen molar-refractivity contribution in [3.05, 3.63) is 22.2 Å². The summed E-state index contributed by atoms with van der Waals surface area (Å²) in [5.74, 6) is -0.837. The molecule has 1 aromatic carbocycles. The molecule has 0 unspecified atom stereocenters. The van der Waals surface area contributed by atoms with Crippen molar-refractivity contribution in [2.45, 2.75) is 112 Å². The third kappa shape index (κ3) is 11.0. The van der Waals surface area contributed by atoms with E-state index in [1.807, 2.05) is 13.8 Å². The predicted molar refractivity (Wildman–Crippen MR) is 163 cm³/mol. The Morgan fingerprint density at radius 3 is 1.83 bits per heavy atom. The highest BCUT2D eigenvalue weighted by Crippen LogP contribution is 2.39. The lowest BCUT2D eigenvalue weighted by atomic mass is 10.1. The number of likely N-dealkylation sites (tertiary alicyclic amines) is 1. The maximum Gasteiger partial charge on any atom is 0.424 e. The number of anilines is 1. The van der Waals surface area contributed by atoms with E-state index in [9.17, 15) is 19.2 Å². The molecule has 1 saturated heterocycles. The molecule has 2 rings (SSSR count). The number of benzene rings is 1. The van der Waals surface area contributed by atoms with Crippen molar-refractivity contribution in [2.75, 3.05) is 25.2 Å². The first-order valence-corrected chi connectivity index (χ1v) is 14.8. The van der Waals surface area contributed by atoms with Crippen LogP contribution >= 0.6 is 15.9 Å². The molecular weight excluding hydrogens is 612 g/mol. The van der Waals surface area contributed by atoms with Gasteiger partial charge in [-0.05, 0) is 103 Å². The van der Waals surface area contributed by atoms with Crippen LogP contribution in [-0.2, 0) is 18.9 Å². The van der Waals surface area contributed by atoms with Crippen LogP contribution in [0.4, 0.5) is 20.1 Å². The summed E-state index contributed by atoms with van der Waals surface area (Å²) in [6, 6.07) is 2.59. The molecule has 0 aromatic heterocycles. The topological polar surface area (TPSA) is 121 Å². The molecular formula is C30H47BrN2O9. The van der Waals surface area contributed by atoms with E-state index in [4.69, 9.17) is 23.7 Å². The summed E-state index contributed by atoms with van der Waals surface area (Å²) in [5, 5.41) is 0. The number of rotatable bonds is 5. The van der Waals surface area contributed by atoms with Crippen LogP contribution in [-0.4, -0.2) is 72.3 Å². The lowest BCUT2D eigenvalue weighted by Crippen LogP contribution is -2.44.